The topological polar surface area (TPSA) is 81.6 Å². The van der Waals surface area contributed by atoms with Crippen molar-refractivity contribution >= 4 is 17.3 Å². The molecule has 0 bridgehead atoms. The summed E-state index contributed by atoms with van der Waals surface area (Å²) in [6, 6.07) is 9.48. The van der Waals surface area contributed by atoms with Gasteiger partial charge in [-0.15, -0.1) is 0 Å². The lowest BCUT2D eigenvalue weighted by molar-refractivity contribution is 0.628. The zero-order chi connectivity index (χ0) is 14.8. The van der Waals surface area contributed by atoms with Crippen LogP contribution in [0.1, 0.15) is 5.69 Å². The third kappa shape index (κ3) is 2.81. The number of nitrogen functional groups attached to an aromatic ring is 1. The van der Waals surface area contributed by atoms with E-state index < -0.39 is 0 Å². The molecule has 6 nitrogen and oxygen atoms in total. The van der Waals surface area contributed by atoms with Crippen LogP contribution in [-0.4, -0.2) is 19.7 Å². The van der Waals surface area contributed by atoms with E-state index in [1.807, 2.05) is 6.92 Å². The molecule has 0 atom stereocenters. The Balaban J connectivity index is 1.89. The number of rotatable bonds is 3. The normalized spacial score (nSPS) is 10.6. The zero-order valence-corrected chi connectivity index (χ0v) is 11.3. The first kappa shape index (κ1) is 13.0. The molecule has 0 saturated carbocycles. The van der Waals surface area contributed by atoms with E-state index in [1.165, 1.54) is 23.1 Å². The number of halogens is 1. The van der Waals surface area contributed by atoms with Crippen molar-refractivity contribution in [1.29, 1.82) is 0 Å². The highest BCUT2D eigenvalue weighted by Gasteiger charge is 2.07. The Morgan fingerprint density at radius 1 is 1.14 bits per heavy atom. The summed E-state index contributed by atoms with van der Waals surface area (Å²) in [6.07, 6.45) is 1.41. The van der Waals surface area contributed by atoms with Gasteiger partial charge >= 0.3 is 0 Å². The minimum Gasteiger partial charge on any atom is -0.384 e. The van der Waals surface area contributed by atoms with Crippen LogP contribution in [0.2, 0.25) is 0 Å². The van der Waals surface area contributed by atoms with Crippen LogP contribution in [0.3, 0.4) is 0 Å². The van der Waals surface area contributed by atoms with Crippen molar-refractivity contribution in [2.75, 3.05) is 11.1 Å². The molecule has 106 valence electrons. The molecule has 0 aliphatic rings. The second-order valence-electron chi connectivity index (χ2n) is 4.52. The number of hydrogen-bond donors (Lipinski definition) is 2. The van der Waals surface area contributed by atoms with Gasteiger partial charge < -0.3 is 11.1 Å². The molecule has 1 aromatic carbocycles. The first-order chi connectivity index (χ1) is 10.1. The van der Waals surface area contributed by atoms with Crippen LogP contribution >= 0.6 is 0 Å². The number of aryl methyl sites for hydroxylation is 1. The summed E-state index contributed by atoms with van der Waals surface area (Å²) in [5.41, 5.74) is 7.40. The Kier molecular flexibility index (Phi) is 3.23. The molecule has 3 aromatic rings. The largest absolute Gasteiger partial charge is 0.384 e. The predicted molar refractivity (Wildman–Crippen MR) is 78.0 cm³/mol. The first-order valence-corrected chi connectivity index (χ1v) is 6.29. The fraction of sp³-hybridized carbons (Fsp3) is 0.0714. The van der Waals surface area contributed by atoms with Gasteiger partial charge in [-0.05, 0) is 31.2 Å². The fourth-order valence-corrected chi connectivity index (χ4v) is 1.92. The van der Waals surface area contributed by atoms with Crippen LogP contribution in [0.25, 0.3) is 5.82 Å². The Morgan fingerprint density at radius 3 is 2.57 bits per heavy atom. The van der Waals surface area contributed by atoms with Gasteiger partial charge in [0.05, 0.1) is 5.69 Å². The lowest BCUT2D eigenvalue weighted by Crippen LogP contribution is -2.05. The zero-order valence-electron chi connectivity index (χ0n) is 11.3. The summed E-state index contributed by atoms with van der Waals surface area (Å²) in [5.74, 6) is 1.34. The molecular formula is C14H13FN6. The van der Waals surface area contributed by atoms with Crippen LogP contribution in [0, 0.1) is 12.7 Å². The van der Waals surface area contributed by atoms with Gasteiger partial charge in [-0.2, -0.15) is 9.78 Å². The van der Waals surface area contributed by atoms with E-state index in [0.29, 0.717) is 17.5 Å². The van der Waals surface area contributed by atoms with Gasteiger partial charge in [-0.1, -0.05) is 0 Å². The maximum absolute atomic E-state index is 12.9. The Labute approximate surface area is 120 Å². The van der Waals surface area contributed by atoms with Crippen molar-refractivity contribution in [3.63, 3.8) is 0 Å². The summed E-state index contributed by atoms with van der Waals surface area (Å²) >= 11 is 0. The second kappa shape index (κ2) is 5.20. The van der Waals surface area contributed by atoms with Crippen molar-refractivity contribution in [2.45, 2.75) is 6.92 Å². The van der Waals surface area contributed by atoms with Crippen LogP contribution < -0.4 is 11.1 Å². The van der Waals surface area contributed by atoms with Crippen molar-refractivity contribution in [1.82, 2.24) is 19.7 Å². The van der Waals surface area contributed by atoms with Crippen molar-refractivity contribution in [3.05, 3.63) is 54.2 Å². The van der Waals surface area contributed by atoms with E-state index >= 15 is 0 Å². The molecule has 0 fully saturated rings. The lowest BCUT2D eigenvalue weighted by Gasteiger charge is -2.07. The molecule has 3 N–H and O–H groups in total. The van der Waals surface area contributed by atoms with Gasteiger partial charge in [0.1, 0.15) is 23.8 Å². The van der Waals surface area contributed by atoms with Crippen LogP contribution in [0.4, 0.5) is 21.7 Å². The Hall–Kier alpha value is -2.96. The predicted octanol–water partition coefficient (Wildman–Crippen LogP) is 2.44. The fourth-order valence-electron chi connectivity index (χ4n) is 1.92. The molecule has 21 heavy (non-hydrogen) atoms. The van der Waals surface area contributed by atoms with Crippen LogP contribution in [-0.2, 0) is 0 Å². The molecule has 7 heteroatoms. The number of nitrogens with two attached hydrogens (primary N) is 1. The molecule has 0 spiro atoms. The minimum absolute atomic E-state index is 0.288. The minimum atomic E-state index is -0.288. The Bertz CT molecular complexity index is 765. The highest BCUT2D eigenvalue weighted by atomic mass is 19.1. The van der Waals surface area contributed by atoms with Gasteiger partial charge in [-0.3, -0.25) is 0 Å². The molecule has 0 saturated heterocycles. The molecule has 0 aliphatic carbocycles. The SMILES string of the molecule is Cc1cc(N)n(-c2cc(Nc3ccc(F)cc3)ncn2)n1. The molecule has 0 aliphatic heterocycles. The maximum atomic E-state index is 12.9. The number of benzene rings is 1. The Morgan fingerprint density at radius 2 is 1.90 bits per heavy atom. The number of aromatic nitrogens is 4. The average Bonchev–Trinajstić information content (AvgIpc) is 2.81. The first-order valence-electron chi connectivity index (χ1n) is 6.29. The molecule has 0 amide bonds. The molecule has 2 aromatic heterocycles. The molecule has 3 rings (SSSR count). The van der Waals surface area contributed by atoms with E-state index in [2.05, 4.69) is 20.4 Å². The van der Waals surface area contributed by atoms with E-state index in [0.717, 1.165) is 11.4 Å². The van der Waals surface area contributed by atoms with E-state index in [4.69, 9.17) is 5.73 Å². The quantitative estimate of drug-likeness (QED) is 0.772. The van der Waals surface area contributed by atoms with Gasteiger partial charge in [-0.25, -0.2) is 14.4 Å². The van der Waals surface area contributed by atoms with Gasteiger partial charge in [0.2, 0.25) is 0 Å². The summed E-state index contributed by atoms with van der Waals surface area (Å²) in [4.78, 5) is 8.27. The van der Waals surface area contributed by atoms with Gasteiger partial charge in [0, 0.05) is 17.8 Å². The van der Waals surface area contributed by atoms with Gasteiger partial charge in [0.15, 0.2) is 5.82 Å². The molecule has 0 unspecified atom stereocenters. The molecule has 0 radical (unpaired) electrons. The molecule has 2 heterocycles. The van der Waals surface area contributed by atoms with E-state index in [9.17, 15) is 4.39 Å². The van der Waals surface area contributed by atoms with Crippen LogP contribution in [0.5, 0.6) is 0 Å². The average molecular weight is 284 g/mol. The van der Waals surface area contributed by atoms with Crippen molar-refractivity contribution in [3.8, 4) is 5.82 Å². The maximum Gasteiger partial charge on any atom is 0.161 e. The summed E-state index contributed by atoms with van der Waals surface area (Å²) in [5, 5.41) is 7.33. The van der Waals surface area contributed by atoms with Crippen molar-refractivity contribution < 1.29 is 4.39 Å². The number of nitrogens with one attached hydrogen (secondary N) is 1. The third-order valence-electron chi connectivity index (χ3n) is 2.85. The number of anilines is 3. The summed E-state index contributed by atoms with van der Waals surface area (Å²) in [7, 11) is 0. The number of nitrogens with zero attached hydrogens (tertiary/aromatic N) is 4. The smallest absolute Gasteiger partial charge is 0.161 e. The third-order valence-corrected chi connectivity index (χ3v) is 2.85. The second-order valence-corrected chi connectivity index (χ2v) is 4.52. The van der Waals surface area contributed by atoms with E-state index in [-0.39, 0.29) is 5.82 Å². The van der Waals surface area contributed by atoms with Crippen molar-refractivity contribution in [2.24, 2.45) is 0 Å². The summed E-state index contributed by atoms with van der Waals surface area (Å²) in [6.45, 7) is 1.85. The molecular weight excluding hydrogens is 271 g/mol. The summed E-state index contributed by atoms with van der Waals surface area (Å²) < 4.78 is 14.4. The monoisotopic (exact) mass is 284 g/mol. The van der Waals surface area contributed by atoms with E-state index in [1.54, 1.807) is 24.3 Å². The van der Waals surface area contributed by atoms with Crippen LogP contribution in [0.15, 0.2) is 42.7 Å². The lowest BCUT2D eigenvalue weighted by atomic mass is 10.3. The number of hydrogen-bond acceptors (Lipinski definition) is 5. The standard InChI is InChI=1S/C14H13FN6/c1-9-6-12(16)21(20-9)14-7-13(17-8-18-14)19-11-4-2-10(15)3-5-11/h2-8H,16H2,1H3,(H,17,18,19). The van der Waals surface area contributed by atoms with Gasteiger partial charge in [0.25, 0.3) is 0 Å². The highest BCUT2D eigenvalue weighted by Crippen LogP contribution is 2.18. The highest BCUT2D eigenvalue weighted by molar-refractivity contribution is 5.57.